The number of carbonyl (C=O) groups is 1. The lowest BCUT2D eigenvalue weighted by Crippen LogP contribution is -2.01. The highest BCUT2D eigenvalue weighted by atomic mass is 16.4. The highest BCUT2D eigenvalue weighted by molar-refractivity contribution is 5.86. The number of carboxylic acids is 1. The average Bonchev–Trinajstić information content (AvgIpc) is 2.39. The molecule has 1 aromatic heterocycles. The molecule has 0 aliphatic heterocycles. The molecule has 0 amide bonds. The highest BCUT2D eigenvalue weighted by Crippen LogP contribution is 2.19. The lowest BCUT2D eigenvalue weighted by atomic mass is 10.0. The first kappa shape index (κ1) is 13.2. The molecule has 0 saturated carbocycles. The third-order valence-corrected chi connectivity index (χ3v) is 2.78. The van der Waals surface area contributed by atoms with Crippen molar-refractivity contribution in [3.63, 3.8) is 0 Å². The van der Waals surface area contributed by atoms with Crippen LogP contribution in [-0.2, 0) is 6.42 Å². The molecule has 0 unspecified atom stereocenters. The van der Waals surface area contributed by atoms with E-state index in [1.807, 2.05) is 12.1 Å². The van der Waals surface area contributed by atoms with Gasteiger partial charge in [0.25, 0.3) is 0 Å². The van der Waals surface area contributed by atoms with Crippen molar-refractivity contribution < 1.29 is 9.90 Å². The van der Waals surface area contributed by atoms with E-state index < -0.39 is 5.97 Å². The lowest BCUT2D eigenvalue weighted by molar-refractivity contribution is 0.0690. The van der Waals surface area contributed by atoms with E-state index >= 15 is 0 Å². The van der Waals surface area contributed by atoms with Crippen molar-refractivity contribution in [2.24, 2.45) is 5.92 Å². The van der Waals surface area contributed by atoms with Crippen molar-refractivity contribution in [2.75, 3.05) is 0 Å². The van der Waals surface area contributed by atoms with Crippen molar-refractivity contribution in [3.05, 3.63) is 47.9 Å². The van der Waals surface area contributed by atoms with E-state index in [0.29, 0.717) is 11.6 Å². The summed E-state index contributed by atoms with van der Waals surface area (Å²) >= 11 is 0. The van der Waals surface area contributed by atoms with Crippen LogP contribution in [0, 0.1) is 5.92 Å². The van der Waals surface area contributed by atoms with Crippen LogP contribution in [0.1, 0.15) is 29.9 Å². The molecule has 0 radical (unpaired) electrons. The molecule has 2 aromatic rings. The number of aromatic nitrogens is 2. The number of hydrogen-bond acceptors (Lipinski definition) is 3. The van der Waals surface area contributed by atoms with Crippen LogP contribution in [0.25, 0.3) is 11.3 Å². The minimum atomic E-state index is -1.04. The molecule has 4 heteroatoms. The third kappa shape index (κ3) is 3.37. The molecule has 2 rings (SSSR count). The van der Waals surface area contributed by atoms with Gasteiger partial charge in [-0.15, -0.1) is 0 Å². The molecule has 1 N–H and O–H groups in total. The maximum Gasteiger partial charge on any atom is 0.354 e. The van der Waals surface area contributed by atoms with E-state index in [1.165, 1.54) is 18.0 Å². The van der Waals surface area contributed by atoms with E-state index in [4.69, 9.17) is 5.11 Å². The first-order valence-corrected chi connectivity index (χ1v) is 6.21. The third-order valence-electron chi connectivity index (χ3n) is 2.78. The van der Waals surface area contributed by atoms with E-state index in [-0.39, 0.29) is 5.69 Å². The Labute approximate surface area is 112 Å². The molecule has 19 heavy (non-hydrogen) atoms. The highest BCUT2D eigenvalue weighted by Gasteiger charge is 2.07. The van der Waals surface area contributed by atoms with Gasteiger partial charge in [-0.1, -0.05) is 38.1 Å². The zero-order valence-corrected chi connectivity index (χ0v) is 11.0. The Kier molecular flexibility index (Phi) is 3.90. The summed E-state index contributed by atoms with van der Waals surface area (Å²) in [6.07, 6.45) is 2.31. The molecule has 0 bridgehead atoms. The summed E-state index contributed by atoms with van der Waals surface area (Å²) in [4.78, 5) is 18.7. The van der Waals surface area contributed by atoms with Gasteiger partial charge in [0.05, 0.1) is 5.69 Å². The summed E-state index contributed by atoms with van der Waals surface area (Å²) < 4.78 is 0. The molecule has 0 aliphatic carbocycles. The fraction of sp³-hybridized carbons (Fsp3) is 0.267. The smallest absolute Gasteiger partial charge is 0.354 e. The molecular formula is C15H16N2O2. The maximum absolute atomic E-state index is 10.9. The number of aromatic carboxylic acids is 1. The minimum absolute atomic E-state index is 0.0104. The Morgan fingerprint density at radius 3 is 2.47 bits per heavy atom. The fourth-order valence-corrected chi connectivity index (χ4v) is 1.92. The summed E-state index contributed by atoms with van der Waals surface area (Å²) in [6, 6.07) is 9.52. The number of carboxylic acid groups (broad SMARTS) is 1. The maximum atomic E-state index is 10.9. The molecule has 98 valence electrons. The predicted molar refractivity (Wildman–Crippen MR) is 73.0 cm³/mol. The van der Waals surface area contributed by atoms with Gasteiger partial charge < -0.3 is 5.11 Å². The Bertz CT molecular complexity index is 577. The molecular weight excluding hydrogens is 240 g/mol. The molecule has 0 saturated heterocycles. The first-order chi connectivity index (χ1) is 9.06. The molecule has 0 aliphatic rings. The zero-order valence-electron chi connectivity index (χ0n) is 11.0. The summed E-state index contributed by atoms with van der Waals surface area (Å²) in [5.41, 5.74) is 2.81. The van der Waals surface area contributed by atoms with Crippen LogP contribution in [0.4, 0.5) is 0 Å². The average molecular weight is 256 g/mol. The van der Waals surface area contributed by atoms with Gasteiger partial charge in [-0.3, -0.25) is 0 Å². The first-order valence-electron chi connectivity index (χ1n) is 6.21. The number of benzene rings is 1. The molecule has 4 nitrogen and oxygen atoms in total. The number of rotatable bonds is 4. The van der Waals surface area contributed by atoms with Crippen LogP contribution in [0.3, 0.4) is 0 Å². The van der Waals surface area contributed by atoms with Gasteiger partial charge in [0.2, 0.25) is 0 Å². The summed E-state index contributed by atoms with van der Waals surface area (Å²) in [7, 11) is 0. The Balaban J connectivity index is 2.27. The topological polar surface area (TPSA) is 63.1 Å². The van der Waals surface area contributed by atoms with Gasteiger partial charge in [-0.2, -0.15) is 0 Å². The van der Waals surface area contributed by atoms with Crippen molar-refractivity contribution >= 4 is 5.97 Å². The van der Waals surface area contributed by atoms with E-state index in [1.54, 1.807) is 0 Å². The van der Waals surface area contributed by atoms with Gasteiger partial charge in [0, 0.05) is 5.56 Å². The molecule has 0 fully saturated rings. The molecule has 1 aromatic carbocycles. The predicted octanol–water partition coefficient (Wildman–Crippen LogP) is 3.04. The number of hydrogen-bond donors (Lipinski definition) is 1. The number of nitrogens with zero attached hydrogens (tertiary/aromatic N) is 2. The van der Waals surface area contributed by atoms with Crippen LogP contribution in [0.15, 0.2) is 36.7 Å². The van der Waals surface area contributed by atoms with Crippen molar-refractivity contribution in [1.82, 2.24) is 9.97 Å². The fourth-order valence-electron chi connectivity index (χ4n) is 1.92. The summed E-state index contributed by atoms with van der Waals surface area (Å²) in [5, 5.41) is 8.91. The Morgan fingerprint density at radius 2 is 1.89 bits per heavy atom. The Hall–Kier alpha value is -2.23. The second kappa shape index (κ2) is 5.61. The SMILES string of the molecule is CC(C)Cc1ccc(-c2cc(C(=O)O)ncn2)cc1. The lowest BCUT2D eigenvalue weighted by Gasteiger charge is -2.06. The van der Waals surface area contributed by atoms with Gasteiger partial charge >= 0.3 is 5.97 Å². The van der Waals surface area contributed by atoms with Gasteiger partial charge in [0.1, 0.15) is 6.33 Å². The molecule has 0 atom stereocenters. The van der Waals surface area contributed by atoms with Crippen molar-refractivity contribution in [2.45, 2.75) is 20.3 Å². The van der Waals surface area contributed by atoms with Crippen LogP contribution in [0.2, 0.25) is 0 Å². The van der Waals surface area contributed by atoms with Crippen LogP contribution >= 0.6 is 0 Å². The molecule has 1 heterocycles. The second-order valence-corrected chi connectivity index (χ2v) is 4.89. The quantitative estimate of drug-likeness (QED) is 0.913. The monoisotopic (exact) mass is 256 g/mol. The normalized spacial score (nSPS) is 10.7. The van der Waals surface area contributed by atoms with Crippen molar-refractivity contribution in [3.8, 4) is 11.3 Å². The van der Waals surface area contributed by atoms with Gasteiger partial charge in [-0.05, 0) is 24.0 Å². The largest absolute Gasteiger partial charge is 0.477 e. The van der Waals surface area contributed by atoms with Crippen LogP contribution < -0.4 is 0 Å². The van der Waals surface area contributed by atoms with Crippen molar-refractivity contribution in [1.29, 1.82) is 0 Å². The van der Waals surface area contributed by atoms with Crippen LogP contribution in [0.5, 0.6) is 0 Å². The summed E-state index contributed by atoms with van der Waals surface area (Å²) in [6.45, 7) is 4.36. The van der Waals surface area contributed by atoms with E-state index in [0.717, 1.165) is 12.0 Å². The summed E-state index contributed by atoms with van der Waals surface area (Å²) in [5.74, 6) is -0.427. The van der Waals surface area contributed by atoms with E-state index in [2.05, 4.69) is 35.9 Å². The van der Waals surface area contributed by atoms with Gasteiger partial charge in [-0.25, -0.2) is 14.8 Å². The zero-order chi connectivity index (χ0) is 13.8. The van der Waals surface area contributed by atoms with Crippen LogP contribution in [-0.4, -0.2) is 21.0 Å². The minimum Gasteiger partial charge on any atom is -0.477 e. The standard InChI is InChI=1S/C15H16N2O2/c1-10(2)7-11-3-5-12(6-4-11)13-8-14(15(18)19)17-9-16-13/h3-6,8-10H,7H2,1-2H3,(H,18,19). The Morgan fingerprint density at radius 1 is 1.21 bits per heavy atom. The van der Waals surface area contributed by atoms with Gasteiger partial charge in [0.15, 0.2) is 5.69 Å². The second-order valence-electron chi connectivity index (χ2n) is 4.89. The molecule has 0 spiro atoms. The van der Waals surface area contributed by atoms with E-state index in [9.17, 15) is 4.79 Å².